The number of halogens is 1. The smallest absolute Gasteiger partial charge is 0.279 e. The molecule has 0 heterocycles. The zero-order valence-corrected chi connectivity index (χ0v) is 11.1. The molecule has 4 N–H and O–H groups in total. The summed E-state index contributed by atoms with van der Waals surface area (Å²) in [5.41, 5.74) is 5.74. The van der Waals surface area contributed by atoms with Crippen molar-refractivity contribution in [3.63, 3.8) is 0 Å². The molecule has 1 rings (SSSR count). The molecule has 0 bridgehead atoms. The fraction of sp³-hybridized carbons (Fsp3) is 0.333. The first-order chi connectivity index (χ1) is 8.41. The number of likely N-dealkylation sites (N-methyl/N-ethyl adjacent to an activating group) is 1. The third kappa shape index (κ3) is 4.01. The molecule has 0 aliphatic carbocycles. The SMILES string of the molecule is C[C@H](C(N)=O)[NH+](C)CC(=O)Nc1ccccc1Cl. The number of amides is 2. The fourth-order valence-electron chi connectivity index (χ4n) is 1.41. The number of primary amides is 1. The monoisotopic (exact) mass is 270 g/mol. The lowest BCUT2D eigenvalue weighted by Gasteiger charge is -2.18. The Balaban J connectivity index is 2.57. The van der Waals surface area contributed by atoms with Crippen molar-refractivity contribution in [2.45, 2.75) is 13.0 Å². The van der Waals surface area contributed by atoms with Crippen molar-refractivity contribution in [1.82, 2.24) is 0 Å². The molecule has 98 valence electrons. The molecule has 1 unspecified atom stereocenters. The van der Waals surface area contributed by atoms with Gasteiger partial charge in [0.15, 0.2) is 12.6 Å². The van der Waals surface area contributed by atoms with E-state index in [1.807, 2.05) is 0 Å². The number of benzene rings is 1. The second-order valence-electron chi connectivity index (χ2n) is 4.18. The summed E-state index contributed by atoms with van der Waals surface area (Å²) < 4.78 is 0. The Hall–Kier alpha value is -1.59. The standard InChI is InChI=1S/C12H16ClN3O2/c1-8(12(14)18)16(2)7-11(17)15-10-6-4-3-5-9(10)13/h3-6,8H,7H2,1-2H3,(H2,14,18)(H,15,17)/p+1/t8-/m1/s1. The normalized spacial score (nSPS) is 13.7. The molecule has 0 radical (unpaired) electrons. The lowest BCUT2D eigenvalue weighted by atomic mass is 10.2. The molecular weight excluding hydrogens is 254 g/mol. The van der Waals surface area contributed by atoms with Crippen LogP contribution in [0.5, 0.6) is 0 Å². The third-order valence-electron chi connectivity index (χ3n) is 2.75. The van der Waals surface area contributed by atoms with Gasteiger partial charge in [0, 0.05) is 0 Å². The molecule has 0 aromatic heterocycles. The van der Waals surface area contributed by atoms with Gasteiger partial charge in [-0.1, -0.05) is 23.7 Å². The number of nitrogens with one attached hydrogen (secondary N) is 2. The summed E-state index contributed by atoms with van der Waals surface area (Å²) in [7, 11) is 1.74. The summed E-state index contributed by atoms with van der Waals surface area (Å²) in [6.07, 6.45) is 0. The van der Waals surface area contributed by atoms with Gasteiger partial charge >= 0.3 is 0 Å². The van der Waals surface area contributed by atoms with Crippen molar-refractivity contribution in [2.24, 2.45) is 5.73 Å². The van der Waals surface area contributed by atoms with Gasteiger partial charge in [0.1, 0.15) is 0 Å². The van der Waals surface area contributed by atoms with Gasteiger partial charge in [0.2, 0.25) is 0 Å². The molecule has 0 aliphatic rings. The molecule has 1 aromatic rings. The van der Waals surface area contributed by atoms with Crippen molar-refractivity contribution >= 4 is 29.1 Å². The molecule has 18 heavy (non-hydrogen) atoms. The molecule has 0 spiro atoms. The zero-order valence-electron chi connectivity index (χ0n) is 10.4. The van der Waals surface area contributed by atoms with Crippen LogP contribution in [-0.2, 0) is 9.59 Å². The van der Waals surface area contributed by atoms with Gasteiger partial charge in [-0.3, -0.25) is 9.59 Å². The molecule has 0 saturated heterocycles. The van der Waals surface area contributed by atoms with Crippen molar-refractivity contribution in [2.75, 3.05) is 18.9 Å². The first-order valence-corrected chi connectivity index (χ1v) is 5.95. The summed E-state index contributed by atoms with van der Waals surface area (Å²) in [4.78, 5) is 23.5. The summed E-state index contributed by atoms with van der Waals surface area (Å²) in [6, 6.07) is 6.56. The first-order valence-electron chi connectivity index (χ1n) is 5.58. The van der Waals surface area contributed by atoms with Crippen molar-refractivity contribution in [1.29, 1.82) is 0 Å². The molecule has 0 aliphatic heterocycles. The van der Waals surface area contributed by atoms with Crippen molar-refractivity contribution in [3.8, 4) is 0 Å². The van der Waals surface area contributed by atoms with E-state index in [1.54, 1.807) is 38.2 Å². The molecule has 6 heteroatoms. The Morgan fingerprint density at radius 3 is 2.61 bits per heavy atom. The van der Waals surface area contributed by atoms with Gasteiger partial charge < -0.3 is 16.0 Å². The van der Waals surface area contributed by atoms with Crippen molar-refractivity contribution < 1.29 is 14.5 Å². The fourth-order valence-corrected chi connectivity index (χ4v) is 1.59. The molecule has 0 saturated carbocycles. The van der Waals surface area contributed by atoms with Crippen LogP contribution in [0.1, 0.15) is 6.92 Å². The lowest BCUT2D eigenvalue weighted by molar-refractivity contribution is -0.885. The second-order valence-corrected chi connectivity index (χ2v) is 4.58. The molecule has 2 atom stereocenters. The van der Waals surface area contributed by atoms with Gasteiger partial charge in [-0.05, 0) is 19.1 Å². The highest BCUT2D eigenvalue weighted by atomic mass is 35.5. The van der Waals surface area contributed by atoms with E-state index in [-0.39, 0.29) is 12.5 Å². The number of quaternary nitrogens is 1. The zero-order chi connectivity index (χ0) is 13.7. The summed E-state index contributed by atoms with van der Waals surface area (Å²) in [6.45, 7) is 1.83. The minimum atomic E-state index is -0.432. The minimum Gasteiger partial charge on any atom is -0.365 e. The molecule has 2 amide bonds. The Bertz CT molecular complexity index is 451. The van der Waals surface area contributed by atoms with Crippen LogP contribution in [0, 0.1) is 0 Å². The van der Waals surface area contributed by atoms with Crippen LogP contribution in [-0.4, -0.2) is 31.4 Å². The third-order valence-corrected chi connectivity index (χ3v) is 3.08. The van der Waals surface area contributed by atoms with E-state index in [9.17, 15) is 9.59 Å². The van der Waals surface area contributed by atoms with Gasteiger partial charge in [0.25, 0.3) is 11.8 Å². The van der Waals surface area contributed by atoms with Crippen LogP contribution >= 0.6 is 11.6 Å². The Morgan fingerprint density at radius 2 is 2.06 bits per heavy atom. The largest absolute Gasteiger partial charge is 0.365 e. The minimum absolute atomic E-state index is 0.148. The molecular formula is C12H17ClN3O2+. The van der Waals surface area contributed by atoms with Crippen LogP contribution in [0.2, 0.25) is 5.02 Å². The predicted molar refractivity (Wildman–Crippen MR) is 70.5 cm³/mol. The van der Waals surface area contributed by atoms with Crippen LogP contribution in [0.4, 0.5) is 5.69 Å². The van der Waals surface area contributed by atoms with Crippen LogP contribution in [0.3, 0.4) is 0 Å². The lowest BCUT2D eigenvalue weighted by Crippen LogP contribution is -3.15. The number of anilines is 1. The maximum atomic E-state index is 11.8. The van der Waals surface area contributed by atoms with Crippen LogP contribution < -0.4 is 16.0 Å². The number of carbonyl (C=O) groups excluding carboxylic acids is 2. The van der Waals surface area contributed by atoms with E-state index < -0.39 is 11.9 Å². The van der Waals surface area contributed by atoms with E-state index in [2.05, 4.69) is 5.32 Å². The average molecular weight is 271 g/mol. The first kappa shape index (κ1) is 14.5. The highest BCUT2D eigenvalue weighted by molar-refractivity contribution is 6.33. The summed E-state index contributed by atoms with van der Waals surface area (Å²) in [5, 5.41) is 3.17. The molecule has 5 nitrogen and oxygen atoms in total. The highest BCUT2D eigenvalue weighted by Crippen LogP contribution is 2.19. The van der Waals surface area contributed by atoms with Crippen LogP contribution in [0.25, 0.3) is 0 Å². The maximum Gasteiger partial charge on any atom is 0.279 e. The maximum absolute atomic E-state index is 11.8. The molecule has 1 aromatic carbocycles. The predicted octanol–water partition coefficient (Wildman–Crippen LogP) is -0.333. The van der Waals surface area contributed by atoms with Crippen molar-refractivity contribution in [3.05, 3.63) is 29.3 Å². The number of hydrogen-bond donors (Lipinski definition) is 3. The number of rotatable bonds is 5. The van der Waals surface area contributed by atoms with E-state index in [0.29, 0.717) is 10.7 Å². The van der Waals surface area contributed by atoms with Gasteiger partial charge in [-0.15, -0.1) is 0 Å². The summed E-state index contributed by atoms with van der Waals surface area (Å²) >= 11 is 5.92. The van der Waals surface area contributed by atoms with Gasteiger partial charge in [-0.2, -0.15) is 0 Å². The Labute approximate surface area is 111 Å². The topological polar surface area (TPSA) is 76.6 Å². The second kappa shape index (κ2) is 6.37. The Kier molecular flexibility index (Phi) is 5.12. The molecule has 0 fully saturated rings. The van der Waals surface area contributed by atoms with Gasteiger partial charge in [-0.25, -0.2) is 0 Å². The number of para-hydroxylation sites is 1. The van der Waals surface area contributed by atoms with Gasteiger partial charge in [0.05, 0.1) is 17.8 Å². The Morgan fingerprint density at radius 1 is 1.44 bits per heavy atom. The highest BCUT2D eigenvalue weighted by Gasteiger charge is 2.21. The quantitative estimate of drug-likeness (QED) is 0.685. The number of nitrogens with two attached hydrogens (primary N) is 1. The average Bonchev–Trinajstić information content (AvgIpc) is 2.30. The van der Waals surface area contributed by atoms with E-state index in [1.165, 1.54) is 0 Å². The van der Waals surface area contributed by atoms with E-state index >= 15 is 0 Å². The number of carbonyl (C=O) groups is 2. The van der Waals surface area contributed by atoms with Crippen LogP contribution in [0.15, 0.2) is 24.3 Å². The summed E-state index contributed by atoms with van der Waals surface area (Å²) in [5.74, 6) is -0.647. The van der Waals surface area contributed by atoms with E-state index in [4.69, 9.17) is 17.3 Å². The van der Waals surface area contributed by atoms with E-state index in [0.717, 1.165) is 4.90 Å². The number of hydrogen-bond acceptors (Lipinski definition) is 2.